The number of benzene rings is 3. The number of hydrogen-bond donors (Lipinski definition) is 1. The van der Waals surface area contributed by atoms with E-state index in [9.17, 15) is 13.2 Å². The summed E-state index contributed by atoms with van der Waals surface area (Å²) in [6.45, 7) is 1.69. The van der Waals surface area contributed by atoms with Gasteiger partial charge in [-0.1, -0.05) is 36.4 Å². The van der Waals surface area contributed by atoms with Gasteiger partial charge in [0, 0.05) is 18.7 Å². The Morgan fingerprint density at radius 1 is 0.933 bits per heavy atom. The van der Waals surface area contributed by atoms with Gasteiger partial charge in [-0.3, -0.25) is 4.79 Å². The standard InChI is InChI=1S/C23H24N2O4S/c26-23(20-8-5-9-22(17-20)30(27,28)25-13-3-4-14-25)24-12-15-29-21-11-10-18-6-1-2-7-19(18)16-21/h1-2,5-11,16-17H,3-4,12-15H2,(H,24,26). The van der Waals surface area contributed by atoms with E-state index in [2.05, 4.69) is 5.32 Å². The molecule has 1 N–H and O–H groups in total. The summed E-state index contributed by atoms with van der Waals surface area (Å²) in [6.07, 6.45) is 1.74. The van der Waals surface area contributed by atoms with Crippen molar-refractivity contribution in [3.05, 3.63) is 72.3 Å². The molecule has 1 aliphatic heterocycles. The van der Waals surface area contributed by atoms with E-state index >= 15 is 0 Å². The lowest BCUT2D eigenvalue weighted by Gasteiger charge is -2.16. The van der Waals surface area contributed by atoms with E-state index < -0.39 is 10.0 Å². The van der Waals surface area contributed by atoms with Gasteiger partial charge in [0.05, 0.1) is 11.4 Å². The van der Waals surface area contributed by atoms with Crippen LogP contribution in [0.25, 0.3) is 10.8 Å². The first-order valence-electron chi connectivity index (χ1n) is 10.0. The zero-order valence-corrected chi connectivity index (χ0v) is 17.4. The summed E-state index contributed by atoms with van der Waals surface area (Å²) in [5.74, 6) is 0.414. The average molecular weight is 425 g/mol. The lowest BCUT2D eigenvalue weighted by atomic mass is 10.1. The summed E-state index contributed by atoms with van der Waals surface area (Å²) in [6, 6.07) is 20.1. The van der Waals surface area contributed by atoms with Gasteiger partial charge in [-0.2, -0.15) is 4.31 Å². The number of sulfonamides is 1. The predicted octanol–water partition coefficient (Wildman–Crippen LogP) is 3.43. The Hall–Kier alpha value is -2.90. The molecular formula is C23H24N2O4S. The van der Waals surface area contributed by atoms with Gasteiger partial charge >= 0.3 is 0 Å². The smallest absolute Gasteiger partial charge is 0.251 e. The van der Waals surface area contributed by atoms with Crippen LogP contribution in [0.1, 0.15) is 23.2 Å². The third-order valence-corrected chi connectivity index (χ3v) is 7.07. The molecule has 1 aliphatic rings. The van der Waals surface area contributed by atoms with Crippen LogP contribution in [-0.4, -0.2) is 44.9 Å². The van der Waals surface area contributed by atoms with Crippen LogP contribution in [0.4, 0.5) is 0 Å². The van der Waals surface area contributed by atoms with E-state index in [0.29, 0.717) is 31.8 Å². The zero-order chi connectivity index (χ0) is 21.0. The summed E-state index contributed by atoms with van der Waals surface area (Å²) in [5, 5.41) is 5.02. The minimum Gasteiger partial charge on any atom is -0.492 e. The van der Waals surface area contributed by atoms with E-state index in [1.54, 1.807) is 12.1 Å². The summed E-state index contributed by atoms with van der Waals surface area (Å²) in [5.41, 5.74) is 0.320. The molecule has 4 rings (SSSR count). The number of rotatable bonds is 7. The van der Waals surface area contributed by atoms with Crippen molar-refractivity contribution in [3.8, 4) is 5.75 Å². The van der Waals surface area contributed by atoms with Gasteiger partial charge in [0.2, 0.25) is 10.0 Å². The van der Waals surface area contributed by atoms with Gasteiger partial charge in [-0.05, 0) is 53.9 Å². The zero-order valence-electron chi connectivity index (χ0n) is 16.6. The number of hydrogen-bond acceptors (Lipinski definition) is 4. The monoisotopic (exact) mass is 424 g/mol. The van der Waals surface area contributed by atoms with Crippen molar-refractivity contribution in [3.63, 3.8) is 0 Å². The van der Waals surface area contributed by atoms with Crippen molar-refractivity contribution in [2.24, 2.45) is 0 Å². The van der Waals surface area contributed by atoms with Crippen molar-refractivity contribution in [2.75, 3.05) is 26.2 Å². The number of carbonyl (C=O) groups is 1. The van der Waals surface area contributed by atoms with Gasteiger partial charge in [-0.15, -0.1) is 0 Å². The van der Waals surface area contributed by atoms with Gasteiger partial charge in [0.1, 0.15) is 12.4 Å². The van der Waals surface area contributed by atoms with Crippen LogP contribution < -0.4 is 10.1 Å². The van der Waals surface area contributed by atoms with Gasteiger partial charge in [-0.25, -0.2) is 8.42 Å². The molecule has 3 aromatic carbocycles. The van der Waals surface area contributed by atoms with E-state index in [1.165, 1.54) is 16.4 Å². The van der Waals surface area contributed by atoms with Crippen molar-refractivity contribution >= 4 is 26.7 Å². The summed E-state index contributed by atoms with van der Waals surface area (Å²) >= 11 is 0. The van der Waals surface area contributed by atoms with Crippen molar-refractivity contribution in [2.45, 2.75) is 17.7 Å². The molecule has 0 saturated carbocycles. The number of amides is 1. The Morgan fingerprint density at radius 2 is 1.70 bits per heavy atom. The second-order valence-corrected chi connectivity index (χ2v) is 9.19. The molecule has 30 heavy (non-hydrogen) atoms. The highest BCUT2D eigenvalue weighted by atomic mass is 32.2. The molecule has 0 aliphatic carbocycles. The molecule has 0 bridgehead atoms. The molecule has 0 atom stereocenters. The van der Waals surface area contributed by atoms with Crippen LogP contribution >= 0.6 is 0 Å². The molecule has 156 valence electrons. The maximum absolute atomic E-state index is 12.7. The van der Waals surface area contributed by atoms with Crippen molar-refractivity contribution < 1.29 is 17.9 Å². The maximum Gasteiger partial charge on any atom is 0.251 e. The van der Waals surface area contributed by atoms with Crippen LogP contribution in [0, 0.1) is 0 Å². The van der Waals surface area contributed by atoms with Crippen molar-refractivity contribution in [1.82, 2.24) is 9.62 Å². The number of nitrogens with one attached hydrogen (secondary N) is 1. The molecule has 1 saturated heterocycles. The first-order valence-corrected chi connectivity index (χ1v) is 11.5. The lowest BCUT2D eigenvalue weighted by Crippen LogP contribution is -2.30. The fourth-order valence-electron chi connectivity index (χ4n) is 3.57. The number of nitrogens with zero attached hydrogens (tertiary/aromatic N) is 1. The summed E-state index contributed by atoms with van der Waals surface area (Å²) in [7, 11) is -3.55. The second kappa shape index (κ2) is 8.85. The molecule has 3 aromatic rings. The first-order chi connectivity index (χ1) is 14.5. The first kappa shape index (κ1) is 20.4. The molecular weight excluding hydrogens is 400 g/mol. The van der Waals surface area contributed by atoms with Crippen LogP contribution in [0.3, 0.4) is 0 Å². The normalized spacial score (nSPS) is 14.7. The van der Waals surface area contributed by atoms with E-state index in [4.69, 9.17) is 4.74 Å². The van der Waals surface area contributed by atoms with E-state index in [1.807, 2.05) is 42.5 Å². The second-order valence-electron chi connectivity index (χ2n) is 7.25. The molecule has 1 fully saturated rings. The molecule has 1 amide bonds. The maximum atomic E-state index is 12.7. The van der Waals surface area contributed by atoms with Gasteiger partial charge in [0.25, 0.3) is 5.91 Å². The van der Waals surface area contributed by atoms with Crippen LogP contribution in [0.2, 0.25) is 0 Å². The highest BCUT2D eigenvalue weighted by molar-refractivity contribution is 7.89. The topological polar surface area (TPSA) is 75.7 Å². The van der Waals surface area contributed by atoms with E-state index in [-0.39, 0.29) is 10.8 Å². The molecule has 6 nitrogen and oxygen atoms in total. The minimum atomic E-state index is -3.55. The Bertz CT molecular complexity index is 1150. The van der Waals surface area contributed by atoms with Crippen LogP contribution in [0.15, 0.2) is 71.6 Å². The molecule has 0 unspecified atom stereocenters. The number of ether oxygens (including phenoxy) is 1. The van der Waals surface area contributed by atoms with Gasteiger partial charge < -0.3 is 10.1 Å². The lowest BCUT2D eigenvalue weighted by molar-refractivity contribution is 0.0947. The fourth-order valence-corrected chi connectivity index (χ4v) is 5.13. The average Bonchev–Trinajstić information content (AvgIpc) is 3.32. The van der Waals surface area contributed by atoms with Crippen molar-refractivity contribution in [1.29, 1.82) is 0 Å². The quantitative estimate of drug-likeness (QED) is 0.590. The van der Waals surface area contributed by atoms with Crippen LogP contribution in [-0.2, 0) is 10.0 Å². The van der Waals surface area contributed by atoms with Crippen LogP contribution in [0.5, 0.6) is 5.75 Å². The fraction of sp³-hybridized carbons (Fsp3) is 0.261. The largest absolute Gasteiger partial charge is 0.492 e. The summed E-state index contributed by atoms with van der Waals surface area (Å²) in [4.78, 5) is 12.6. The predicted molar refractivity (Wildman–Crippen MR) is 116 cm³/mol. The van der Waals surface area contributed by atoms with E-state index in [0.717, 1.165) is 29.4 Å². The number of fused-ring (bicyclic) bond motifs is 1. The Labute approximate surface area is 176 Å². The Morgan fingerprint density at radius 3 is 2.50 bits per heavy atom. The minimum absolute atomic E-state index is 0.157. The molecule has 0 spiro atoms. The third-order valence-electron chi connectivity index (χ3n) is 5.18. The SMILES string of the molecule is O=C(NCCOc1ccc2ccccc2c1)c1cccc(S(=O)(=O)N2CCCC2)c1. The molecule has 0 aromatic heterocycles. The Kier molecular flexibility index (Phi) is 6.01. The Balaban J connectivity index is 1.33. The summed E-state index contributed by atoms with van der Waals surface area (Å²) < 4.78 is 32.6. The molecule has 1 heterocycles. The molecule has 0 radical (unpaired) electrons. The molecule has 7 heteroatoms. The number of carbonyl (C=O) groups excluding carboxylic acids is 1. The van der Waals surface area contributed by atoms with Gasteiger partial charge in [0.15, 0.2) is 0 Å². The third kappa shape index (κ3) is 4.47. The highest BCUT2D eigenvalue weighted by Crippen LogP contribution is 2.22. The highest BCUT2D eigenvalue weighted by Gasteiger charge is 2.27.